The van der Waals surface area contributed by atoms with Crippen molar-refractivity contribution in [1.29, 1.82) is 0 Å². The number of hydrogen-bond acceptors (Lipinski definition) is 5. The molecule has 0 aliphatic heterocycles. The molecule has 1 aromatic rings. The van der Waals surface area contributed by atoms with Gasteiger partial charge in [0, 0.05) is 36.1 Å². The number of carbonyl (C=O) groups excluding carboxylic acids is 1. The number of ether oxygens (including phenoxy) is 2. The first-order chi connectivity index (χ1) is 15.6. The Morgan fingerprint density at radius 3 is 2.41 bits per heavy atom. The average Bonchev–Trinajstić information content (AvgIpc) is 2.66. The smallest absolute Gasteiger partial charge is 0.410 e. The Labute approximate surface area is 206 Å². The predicted octanol–water partition coefficient (Wildman–Crippen LogP) is 6.68. The van der Waals surface area contributed by atoms with E-state index >= 15 is 0 Å². The molecule has 10 heteroatoms. The number of hydrogen-bond donors (Lipinski definition) is 0. The van der Waals surface area contributed by atoms with Gasteiger partial charge in [-0.25, -0.2) is 22.0 Å². The molecule has 0 bridgehead atoms. The van der Waals surface area contributed by atoms with Crippen LogP contribution in [0.2, 0.25) is 0 Å². The highest BCUT2D eigenvalue weighted by atomic mass is 35.7. The number of nitrogens with zero attached hydrogens (tertiary/aromatic N) is 1. The second kappa shape index (κ2) is 11.4. The van der Waals surface area contributed by atoms with Gasteiger partial charge < -0.3 is 14.4 Å². The molecule has 0 aromatic heterocycles. The van der Waals surface area contributed by atoms with E-state index in [4.69, 9.17) is 20.2 Å². The summed E-state index contributed by atoms with van der Waals surface area (Å²) in [5.41, 5.74) is 0.169. The van der Waals surface area contributed by atoms with Crippen LogP contribution in [0.3, 0.4) is 0 Å². The van der Waals surface area contributed by atoms with Crippen LogP contribution in [0.4, 0.5) is 13.6 Å². The van der Waals surface area contributed by atoms with E-state index in [0.717, 1.165) is 5.56 Å². The number of halogens is 3. The van der Waals surface area contributed by atoms with Gasteiger partial charge in [-0.15, -0.1) is 0 Å². The van der Waals surface area contributed by atoms with Gasteiger partial charge in [0.05, 0.1) is 6.10 Å². The summed E-state index contributed by atoms with van der Waals surface area (Å²) in [4.78, 5) is 14.3. The van der Waals surface area contributed by atoms with Crippen molar-refractivity contribution in [2.45, 2.75) is 108 Å². The van der Waals surface area contributed by atoms with Crippen molar-refractivity contribution in [3.8, 4) is 5.75 Å². The first-order valence-electron chi connectivity index (χ1n) is 11.7. The highest BCUT2D eigenvalue weighted by Crippen LogP contribution is 2.36. The molecule has 0 unspecified atom stereocenters. The molecule has 0 heterocycles. The summed E-state index contributed by atoms with van der Waals surface area (Å²) in [7, 11) is 1.58. The molecule has 1 aliphatic rings. The minimum absolute atomic E-state index is 0.0724. The molecule has 1 aromatic carbocycles. The van der Waals surface area contributed by atoms with E-state index < -0.39 is 26.7 Å². The minimum atomic E-state index is -3.94. The molecule has 2 rings (SSSR count). The Balaban J connectivity index is 1.95. The van der Waals surface area contributed by atoms with Crippen LogP contribution >= 0.6 is 10.7 Å². The molecule has 194 valence electrons. The molecule has 34 heavy (non-hydrogen) atoms. The van der Waals surface area contributed by atoms with Gasteiger partial charge in [-0.1, -0.05) is 6.07 Å². The van der Waals surface area contributed by atoms with Crippen LogP contribution in [0.25, 0.3) is 0 Å². The Kier molecular flexibility index (Phi) is 9.61. The first kappa shape index (κ1) is 28.6. The average molecular weight is 524 g/mol. The van der Waals surface area contributed by atoms with Gasteiger partial charge in [0.1, 0.15) is 16.2 Å². The molecule has 1 fully saturated rings. The van der Waals surface area contributed by atoms with Crippen LogP contribution in [0.15, 0.2) is 23.1 Å². The van der Waals surface area contributed by atoms with Gasteiger partial charge in [-0.2, -0.15) is 0 Å². The lowest BCUT2D eigenvalue weighted by Crippen LogP contribution is -2.46. The lowest BCUT2D eigenvalue weighted by Gasteiger charge is -2.37. The number of unbranched alkanes of at least 4 members (excludes halogenated alkanes) is 1. The van der Waals surface area contributed by atoms with Crippen LogP contribution in [0.5, 0.6) is 5.75 Å². The standard InChI is InChI=1S/C24H36ClF2NO5S/c1-17-9-10-21(34(25,30)31)20(16-17)32-18(2)8-6-7-15-28(22(29)33-23(3,4)5)19-11-13-24(26,27)14-12-19/h9-10,16,18-19H,6-8,11-15H2,1-5H3/t18-/m0/s1. The number of rotatable bonds is 9. The normalized spacial score (nSPS) is 17.8. The first-order valence-corrected chi connectivity index (χ1v) is 14.0. The van der Waals surface area contributed by atoms with Crippen LogP contribution in [-0.2, 0) is 13.8 Å². The largest absolute Gasteiger partial charge is 0.489 e. The van der Waals surface area contributed by atoms with E-state index in [0.29, 0.717) is 25.8 Å². The fraction of sp³-hybridized carbons (Fsp3) is 0.708. The van der Waals surface area contributed by atoms with Crippen LogP contribution in [0.1, 0.15) is 78.2 Å². The van der Waals surface area contributed by atoms with Gasteiger partial charge in [0.2, 0.25) is 5.92 Å². The van der Waals surface area contributed by atoms with Crippen LogP contribution < -0.4 is 4.74 Å². The summed E-state index contributed by atoms with van der Waals surface area (Å²) in [6.45, 7) is 9.38. The Hall–Kier alpha value is -1.61. The molecule has 6 nitrogen and oxygen atoms in total. The van der Waals surface area contributed by atoms with Gasteiger partial charge in [-0.05, 0) is 84.4 Å². The molecule has 1 atom stereocenters. The summed E-state index contributed by atoms with van der Waals surface area (Å²) < 4.78 is 62.3. The minimum Gasteiger partial charge on any atom is -0.489 e. The van der Waals surface area contributed by atoms with Crippen molar-refractivity contribution in [2.75, 3.05) is 6.54 Å². The molecule has 0 N–H and O–H groups in total. The molecule has 0 saturated heterocycles. The fourth-order valence-electron chi connectivity index (χ4n) is 3.98. The topological polar surface area (TPSA) is 72.9 Å². The zero-order valence-corrected chi connectivity index (χ0v) is 22.1. The molecule has 1 amide bonds. The predicted molar refractivity (Wildman–Crippen MR) is 128 cm³/mol. The van der Waals surface area contributed by atoms with E-state index in [2.05, 4.69) is 0 Å². The van der Waals surface area contributed by atoms with Crippen molar-refractivity contribution in [2.24, 2.45) is 0 Å². The summed E-state index contributed by atoms with van der Waals surface area (Å²) in [6.07, 6.45) is 1.19. The third-order valence-corrected chi connectivity index (χ3v) is 7.07. The number of aryl methyl sites for hydroxylation is 1. The van der Waals surface area contributed by atoms with E-state index in [-0.39, 0.29) is 48.5 Å². The summed E-state index contributed by atoms with van der Waals surface area (Å²) in [6, 6.07) is 4.44. The number of amides is 1. The third-order valence-electron chi connectivity index (χ3n) is 5.71. The SMILES string of the molecule is Cc1ccc(S(=O)(=O)Cl)c(O[C@@H](C)CCCCN(C(=O)OC(C)(C)C)C2CCC(F)(F)CC2)c1. The van der Waals surface area contributed by atoms with Gasteiger partial charge >= 0.3 is 6.09 Å². The fourth-order valence-corrected chi connectivity index (χ4v) is 4.94. The van der Waals surface area contributed by atoms with Gasteiger partial charge in [0.25, 0.3) is 9.05 Å². The van der Waals surface area contributed by atoms with Gasteiger partial charge in [-0.3, -0.25) is 0 Å². The quantitative estimate of drug-likeness (QED) is 0.267. The van der Waals surface area contributed by atoms with Crippen molar-refractivity contribution in [3.05, 3.63) is 23.8 Å². The zero-order valence-electron chi connectivity index (χ0n) is 20.6. The van der Waals surface area contributed by atoms with Crippen LogP contribution in [-0.4, -0.2) is 49.6 Å². The van der Waals surface area contributed by atoms with E-state index in [1.165, 1.54) is 6.07 Å². The molecule has 1 aliphatic carbocycles. The van der Waals surface area contributed by atoms with E-state index in [1.54, 1.807) is 37.8 Å². The van der Waals surface area contributed by atoms with Crippen molar-refractivity contribution < 1.29 is 31.5 Å². The highest BCUT2D eigenvalue weighted by Gasteiger charge is 2.39. The zero-order chi connectivity index (χ0) is 25.7. The second-order valence-corrected chi connectivity index (χ2v) is 12.6. The Morgan fingerprint density at radius 2 is 1.85 bits per heavy atom. The lowest BCUT2D eigenvalue weighted by molar-refractivity contribution is -0.0571. The summed E-state index contributed by atoms with van der Waals surface area (Å²) >= 11 is 0. The maximum atomic E-state index is 13.6. The molecule has 1 saturated carbocycles. The van der Waals surface area contributed by atoms with Gasteiger partial charge in [0.15, 0.2) is 0 Å². The third kappa shape index (κ3) is 9.21. The lowest BCUT2D eigenvalue weighted by atomic mass is 9.91. The molecule has 0 spiro atoms. The van der Waals surface area contributed by atoms with Crippen molar-refractivity contribution >= 4 is 25.8 Å². The molecular formula is C24H36ClF2NO5S. The number of carbonyl (C=O) groups is 1. The Morgan fingerprint density at radius 1 is 1.24 bits per heavy atom. The van der Waals surface area contributed by atoms with Crippen molar-refractivity contribution in [3.63, 3.8) is 0 Å². The molecular weight excluding hydrogens is 488 g/mol. The maximum Gasteiger partial charge on any atom is 0.410 e. The summed E-state index contributed by atoms with van der Waals surface area (Å²) in [5, 5.41) is 0. The number of benzene rings is 1. The van der Waals surface area contributed by atoms with Crippen LogP contribution in [0, 0.1) is 6.92 Å². The van der Waals surface area contributed by atoms with E-state index in [9.17, 15) is 22.0 Å². The monoisotopic (exact) mass is 523 g/mol. The highest BCUT2D eigenvalue weighted by molar-refractivity contribution is 8.13. The summed E-state index contributed by atoms with van der Waals surface area (Å²) in [5.74, 6) is -2.46. The number of alkyl halides is 2. The maximum absolute atomic E-state index is 13.6. The van der Waals surface area contributed by atoms with E-state index in [1.807, 2.05) is 13.8 Å². The second-order valence-electron chi connectivity index (χ2n) is 10.1. The Bertz CT molecular complexity index is 939. The van der Waals surface area contributed by atoms with Crippen molar-refractivity contribution in [1.82, 2.24) is 4.90 Å². The molecule has 0 radical (unpaired) electrons.